The fourth-order valence-corrected chi connectivity index (χ4v) is 2.70. The first-order valence-electron chi connectivity index (χ1n) is 7.30. The summed E-state index contributed by atoms with van der Waals surface area (Å²) in [6.07, 6.45) is 8.21. The highest BCUT2D eigenvalue weighted by Crippen LogP contribution is 2.39. The topological polar surface area (TPSA) is 21.3 Å². The fourth-order valence-electron chi connectivity index (χ4n) is 2.70. The summed E-state index contributed by atoms with van der Waals surface area (Å²) < 4.78 is 5.57. The standard InChI is InChI=1S/C15H31NO/c1-5-17-12-11-15(9-7-6-8-10-15)13-16-14(2,3)4/h16H,5-13H2,1-4H3. The molecule has 0 bridgehead atoms. The zero-order valence-corrected chi connectivity index (χ0v) is 12.3. The van der Waals surface area contributed by atoms with Crippen molar-refractivity contribution in [3.63, 3.8) is 0 Å². The first-order chi connectivity index (χ1) is 7.97. The number of hydrogen-bond donors (Lipinski definition) is 1. The monoisotopic (exact) mass is 241 g/mol. The van der Waals surface area contributed by atoms with E-state index >= 15 is 0 Å². The van der Waals surface area contributed by atoms with Gasteiger partial charge in [-0.2, -0.15) is 0 Å². The summed E-state index contributed by atoms with van der Waals surface area (Å²) in [5.74, 6) is 0. The zero-order valence-electron chi connectivity index (χ0n) is 12.3. The molecule has 0 aromatic rings. The van der Waals surface area contributed by atoms with Gasteiger partial charge in [0.2, 0.25) is 0 Å². The molecule has 0 saturated heterocycles. The summed E-state index contributed by atoms with van der Waals surface area (Å²) in [7, 11) is 0. The molecule has 1 aliphatic carbocycles. The number of rotatable bonds is 6. The lowest BCUT2D eigenvalue weighted by Gasteiger charge is -2.40. The van der Waals surface area contributed by atoms with Crippen molar-refractivity contribution in [2.75, 3.05) is 19.8 Å². The van der Waals surface area contributed by atoms with Crippen molar-refractivity contribution in [2.45, 2.75) is 71.8 Å². The summed E-state index contributed by atoms with van der Waals surface area (Å²) in [5.41, 5.74) is 0.733. The summed E-state index contributed by atoms with van der Waals surface area (Å²) >= 11 is 0. The number of nitrogens with one attached hydrogen (secondary N) is 1. The maximum atomic E-state index is 5.57. The maximum Gasteiger partial charge on any atom is 0.0471 e. The van der Waals surface area contributed by atoms with Gasteiger partial charge in [-0.25, -0.2) is 0 Å². The molecule has 1 N–H and O–H groups in total. The van der Waals surface area contributed by atoms with E-state index in [2.05, 4.69) is 33.0 Å². The molecule has 0 unspecified atom stereocenters. The van der Waals surface area contributed by atoms with Gasteiger partial charge in [0.25, 0.3) is 0 Å². The first kappa shape index (κ1) is 15.0. The van der Waals surface area contributed by atoms with Gasteiger partial charge in [-0.3, -0.25) is 0 Å². The molecule has 0 aromatic carbocycles. The van der Waals surface area contributed by atoms with Crippen LogP contribution in [0.1, 0.15) is 66.2 Å². The molecule has 0 aromatic heterocycles. The van der Waals surface area contributed by atoms with E-state index < -0.39 is 0 Å². The molecule has 0 spiro atoms. The van der Waals surface area contributed by atoms with E-state index in [0.29, 0.717) is 5.41 Å². The van der Waals surface area contributed by atoms with Crippen molar-refractivity contribution < 1.29 is 4.74 Å². The Bertz CT molecular complexity index is 201. The molecular formula is C15H31NO. The lowest BCUT2D eigenvalue weighted by Crippen LogP contribution is -2.45. The highest BCUT2D eigenvalue weighted by Gasteiger charge is 2.32. The van der Waals surface area contributed by atoms with Gasteiger partial charge in [-0.1, -0.05) is 19.3 Å². The molecule has 0 heterocycles. The summed E-state index contributed by atoms with van der Waals surface area (Å²) in [6.45, 7) is 11.8. The predicted molar refractivity (Wildman–Crippen MR) is 74.4 cm³/mol. The molecular weight excluding hydrogens is 210 g/mol. The molecule has 1 fully saturated rings. The highest BCUT2D eigenvalue weighted by atomic mass is 16.5. The molecule has 0 amide bonds. The van der Waals surface area contributed by atoms with Gasteiger partial charge in [0.1, 0.15) is 0 Å². The normalized spacial score (nSPS) is 20.5. The molecule has 102 valence electrons. The Balaban J connectivity index is 2.46. The van der Waals surface area contributed by atoms with E-state index in [9.17, 15) is 0 Å². The van der Waals surface area contributed by atoms with Crippen molar-refractivity contribution in [1.82, 2.24) is 5.32 Å². The van der Waals surface area contributed by atoms with Crippen molar-refractivity contribution in [3.8, 4) is 0 Å². The summed E-state index contributed by atoms with van der Waals surface area (Å²) in [4.78, 5) is 0. The quantitative estimate of drug-likeness (QED) is 0.715. The van der Waals surface area contributed by atoms with Crippen LogP contribution in [0.2, 0.25) is 0 Å². The Morgan fingerprint density at radius 1 is 1.12 bits per heavy atom. The number of hydrogen-bond acceptors (Lipinski definition) is 2. The molecule has 1 aliphatic rings. The largest absolute Gasteiger partial charge is 0.382 e. The van der Waals surface area contributed by atoms with Crippen LogP contribution in [0, 0.1) is 5.41 Å². The van der Waals surface area contributed by atoms with Crippen LogP contribution >= 0.6 is 0 Å². The van der Waals surface area contributed by atoms with Crippen LogP contribution in [0.15, 0.2) is 0 Å². The van der Waals surface area contributed by atoms with E-state index in [0.717, 1.165) is 19.8 Å². The minimum absolute atomic E-state index is 0.232. The van der Waals surface area contributed by atoms with Crippen LogP contribution in [0.4, 0.5) is 0 Å². The molecule has 0 aliphatic heterocycles. The molecule has 2 nitrogen and oxygen atoms in total. The van der Waals surface area contributed by atoms with Crippen LogP contribution < -0.4 is 5.32 Å². The number of ether oxygens (including phenoxy) is 1. The van der Waals surface area contributed by atoms with Gasteiger partial charge in [0.15, 0.2) is 0 Å². The third-order valence-corrected chi connectivity index (χ3v) is 3.89. The third-order valence-electron chi connectivity index (χ3n) is 3.89. The van der Waals surface area contributed by atoms with Gasteiger partial charge in [-0.05, 0) is 52.4 Å². The van der Waals surface area contributed by atoms with Crippen LogP contribution in [-0.2, 0) is 4.74 Å². The summed E-state index contributed by atoms with van der Waals surface area (Å²) in [6, 6.07) is 0. The Morgan fingerprint density at radius 3 is 2.29 bits per heavy atom. The maximum absolute atomic E-state index is 5.57. The van der Waals surface area contributed by atoms with Crippen molar-refractivity contribution >= 4 is 0 Å². The second-order valence-corrected chi connectivity index (χ2v) is 6.61. The van der Waals surface area contributed by atoms with Crippen LogP contribution in [0.25, 0.3) is 0 Å². The van der Waals surface area contributed by atoms with Gasteiger partial charge < -0.3 is 10.1 Å². The Kier molecular flexibility index (Phi) is 5.94. The predicted octanol–water partition coefficient (Wildman–Crippen LogP) is 3.75. The second-order valence-electron chi connectivity index (χ2n) is 6.61. The SMILES string of the molecule is CCOCCC1(CNC(C)(C)C)CCCCC1. The molecule has 0 radical (unpaired) electrons. The first-order valence-corrected chi connectivity index (χ1v) is 7.30. The Hall–Kier alpha value is -0.0800. The van der Waals surface area contributed by atoms with E-state index in [1.54, 1.807) is 0 Å². The third kappa shape index (κ3) is 5.87. The average Bonchev–Trinajstić information content (AvgIpc) is 2.28. The smallest absolute Gasteiger partial charge is 0.0471 e. The molecule has 1 saturated carbocycles. The van der Waals surface area contributed by atoms with Gasteiger partial charge in [-0.15, -0.1) is 0 Å². The fraction of sp³-hybridized carbons (Fsp3) is 1.00. The van der Waals surface area contributed by atoms with E-state index in [1.165, 1.54) is 38.5 Å². The van der Waals surface area contributed by atoms with E-state index in [4.69, 9.17) is 4.74 Å². The summed E-state index contributed by atoms with van der Waals surface area (Å²) in [5, 5.41) is 3.70. The Labute approximate surface area is 108 Å². The van der Waals surface area contributed by atoms with Gasteiger partial charge >= 0.3 is 0 Å². The lowest BCUT2D eigenvalue weighted by molar-refractivity contribution is 0.0751. The van der Waals surface area contributed by atoms with E-state index in [-0.39, 0.29) is 5.54 Å². The van der Waals surface area contributed by atoms with Crippen LogP contribution in [-0.4, -0.2) is 25.3 Å². The van der Waals surface area contributed by atoms with E-state index in [1.807, 2.05) is 0 Å². The second kappa shape index (κ2) is 6.75. The molecule has 17 heavy (non-hydrogen) atoms. The minimum Gasteiger partial charge on any atom is -0.382 e. The van der Waals surface area contributed by atoms with Crippen molar-refractivity contribution in [3.05, 3.63) is 0 Å². The zero-order chi connectivity index (χ0) is 12.8. The van der Waals surface area contributed by atoms with Crippen molar-refractivity contribution in [2.24, 2.45) is 5.41 Å². The molecule has 1 rings (SSSR count). The highest BCUT2D eigenvalue weighted by molar-refractivity contribution is 4.87. The lowest BCUT2D eigenvalue weighted by atomic mass is 9.71. The van der Waals surface area contributed by atoms with Gasteiger partial charge in [0.05, 0.1) is 0 Å². The van der Waals surface area contributed by atoms with Crippen LogP contribution in [0.5, 0.6) is 0 Å². The molecule has 0 atom stereocenters. The minimum atomic E-state index is 0.232. The molecule has 2 heteroatoms. The van der Waals surface area contributed by atoms with Crippen LogP contribution in [0.3, 0.4) is 0 Å². The average molecular weight is 241 g/mol. The van der Waals surface area contributed by atoms with Crippen molar-refractivity contribution in [1.29, 1.82) is 0 Å². The van der Waals surface area contributed by atoms with Gasteiger partial charge in [0, 0.05) is 25.3 Å². The Morgan fingerprint density at radius 2 is 1.76 bits per heavy atom.